The maximum Gasteiger partial charge on any atom is 0.145 e. The predicted octanol–water partition coefficient (Wildman–Crippen LogP) is 12.9. The van der Waals surface area contributed by atoms with Gasteiger partial charge in [0.05, 0.1) is 23.0 Å². The van der Waals surface area contributed by atoms with Crippen LogP contribution in [0.4, 0.5) is 0 Å². The van der Waals surface area contributed by atoms with Crippen LogP contribution in [0.15, 0.2) is 152 Å². The molecule has 0 aliphatic rings. The van der Waals surface area contributed by atoms with Crippen molar-refractivity contribution in [3.8, 4) is 79.0 Å². The molecule has 274 valence electrons. The highest BCUT2D eigenvalue weighted by atomic mass is 16.3. The number of rotatable bonds is 6. The fraction of sp³-hybridized carbons (Fsp3) is 0.157. The molecule has 5 nitrogen and oxygen atoms in total. The summed E-state index contributed by atoms with van der Waals surface area (Å²) in [6, 6.07) is 49.7. The van der Waals surface area contributed by atoms with Crippen LogP contribution in [-0.2, 0) is 10.8 Å². The summed E-state index contributed by atoms with van der Waals surface area (Å²) in [5.74, 6) is 0.249. The molecular weight excluding hydrogens is 685 g/mol. The van der Waals surface area contributed by atoms with Gasteiger partial charge in [0.1, 0.15) is 17.1 Å². The number of hydrogen-bond acceptors (Lipinski definition) is 4. The maximum absolute atomic E-state index is 12.1. The molecule has 5 heteroatoms. The molecule has 8 rings (SSSR count). The van der Waals surface area contributed by atoms with Crippen LogP contribution in [0, 0.1) is 11.3 Å². The van der Waals surface area contributed by atoms with Crippen molar-refractivity contribution in [2.45, 2.75) is 52.4 Å². The van der Waals surface area contributed by atoms with E-state index in [1.807, 2.05) is 72.8 Å². The van der Waals surface area contributed by atoms with Crippen LogP contribution in [0.3, 0.4) is 0 Å². The average molecular weight is 729 g/mol. The minimum atomic E-state index is -0.301. The smallest absolute Gasteiger partial charge is 0.145 e. The highest BCUT2D eigenvalue weighted by Crippen LogP contribution is 2.46. The number of aromatic nitrogens is 3. The van der Waals surface area contributed by atoms with Gasteiger partial charge in [0.15, 0.2) is 0 Å². The van der Waals surface area contributed by atoms with Crippen molar-refractivity contribution >= 4 is 5.65 Å². The second-order valence-electron chi connectivity index (χ2n) is 16.5. The normalized spacial score (nSPS) is 11.8. The molecular formula is C51H44N4O. The first kappa shape index (κ1) is 36.2. The van der Waals surface area contributed by atoms with E-state index in [0.29, 0.717) is 22.5 Å². The Morgan fingerprint density at radius 3 is 1.80 bits per heavy atom. The van der Waals surface area contributed by atoms with Crippen LogP contribution in [-0.4, -0.2) is 19.5 Å². The van der Waals surface area contributed by atoms with E-state index in [-0.39, 0.29) is 16.6 Å². The molecule has 0 saturated heterocycles. The summed E-state index contributed by atoms with van der Waals surface area (Å²) < 4.78 is 2.15. The summed E-state index contributed by atoms with van der Waals surface area (Å²) in [4.78, 5) is 10.4. The molecule has 0 fully saturated rings. The Bertz CT molecular complexity index is 2760. The van der Waals surface area contributed by atoms with Gasteiger partial charge in [0.25, 0.3) is 0 Å². The number of imidazole rings is 1. The SMILES string of the molecule is CC(C)(C)c1cc(-c2nc3c(-c4cc(-c5ccccc5)cc(-c5cc(C#N)c(-c6ccccc6)cn5)c4)cccn3c2-c2ccccc2)c(O)c(C(C)(C)C)c1. The van der Waals surface area contributed by atoms with E-state index in [2.05, 4.69) is 125 Å². The molecule has 0 saturated carbocycles. The largest absolute Gasteiger partial charge is 0.507 e. The fourth-order valence-electron chi connectivity index (χ4n) is 7.45. The second-order valence-corrected chi connectivity index (χ2v) is 16.5. The summed E-state index contributed by atoms with van der Waals surface area (Å²) >= 11 is 0. The summed E-state index contributed by atoms with van der Waals surface area (Å²) in [7, 11) is 0. The summed E-state index contributed by atoms with van der Waals surface area (Å²) in [6.07, 6.45) is 3.86. The van der Waals surface area contributed by atoms with Gasteiger partial charge in [0.2, 0.25) is 0 Å². The van der Waals surface area contributed by atoms with Gasteiger partial charge >= 0.3 is 0 Å². The first-order chi connectivity index (χ1) is 26.9. The van der Waals surface area contributed by atoms with E-state index in [9.17, 15) is 10.4 Å². The fourth-order valence-corrected chi connectivity index (χ4v) is 7.45. The van der Waals surface area contributed by atoms with Gasteiger partial charge in [-0.15, -0.1) is 0 Å². The van der Waals surface area contributed by atoms with Crippen LogP contribution in [0.1, 0.15) is 58.2 Å². The lowest BCUT2D eigenvalue weighted by atomic mass is 9.78. The van der Waals surface area contributed by atoms with E-state index in [1.54, 1.807) is 6.20 Å². The average Bonchev–Trinajstić information content (AvgIpc) is 3.60. The molecule has 0 atom stereocenters. The molecule has 0 unspecified atom stereocenters. The molecule has 0 aliphatic carbocycles. The molecule has 56 heavy (non-hydrogen) atoms. The zero-order chi connectivity index (χ0) is 39.2. The van der Waals surface area contributed by atoms with Crippen molar-refractivity contribution in [2.24, 2.45) is 0 Å². The minimum absolute atomic E-state index is 0.160. The molecule has 0 aliphatic heterocycles. The second kappa shape index (κ2) is 14.1. The standard InChI is InChI=1S/C51H44N4O/c1-50(2,3)40-29-42(48(56)44(30-40)51(4,5)6)46-47(35-21-14-9-15-22-35)55-24-16-23-41(49(55)54-46)37-25-36(33-17-10-7-11-18-33)26-38(27-37)45-28-39(31-52)43(32-53-45)34-19-12-8-13-20-34/h7-30,32,56H,1-6H3. The first-order valence-corrected chi connectivity index (χ1v) is 19.0. The van der Waals surface area contributed by atoms with Gasteiger partial charge in [-0.05, 0) is 81.1 Å². The number of phenols is 1. The van der Waals surface area contributed by atoms with Crippen molar-refractivity contribution in [3.05, 3.63) is 169 Å². The molecule has 0 bridgehead atoms. The van der Waals surface area contributed by atoms with Crippen LogP contribution < -0.4 is 0 Å². The Balaban J connectivity index is 1.39. The Labute approximate surface area is 329 Å². The van der Waals surface area contributed by atoms with E-state index >= 15 is 0 Å². The number of pyridine rings is 2. The van der Waals surface area contributed by atoms with Crippen molar-refractivity contribution in [3.63, 3.8) is 0 Å². The quantitative estimate of drug-likeness (QED) is 0.185. The lowest BCUT2D eigenvalue weighted by Crippen LogP contribution is -2.17. The minimum Gasteiger partial charge on any atom is -0.507 e. The zero-order valence-corrected chi connectivity index (χ0v) is 32.7. The lowest BCUT2D eigenvalue weighted by Gasteiger charge is -2.27. The van der Waals surface area contributed by atoms with Gasteiger partial charge in [-0.25, -0.2) is 4.98 Å². The van der Waals surface area contributed by atoms with Crippen molar-refractivity contribution in [1.29, 1.82) is 5.26 Å². The third kappa shape index (κ3) is 6.76. The van der Waals surface area contributed by atoms with Gasteiger partial charge in [0, 0.05) is 45.8 Å². The van der Waals surface area contributed by atoms with Crippen molar-refractivity contribution < 1.29 is 5.11 Å². The molecule has 8 aromatic rings. The van der Waals surface area contributed by atoms with E-state index < -0.39 is 0 Å². The topological polar surface area (TPSA) is 74.2 Å². The Kier molecular flexibility index (Phi) is 9.14. The molecule has 1 N–H and O–H groups in total. The highest BCUT2D eigenvalue weighted by molar-refractivity contribution is 5.92. The van der Waals surface area contributed by atoms with Crippen LogP contribution >= 0.6 is 0 Å². The molecule has 0 amide bonds. The molecule has 0 radical (unpaired) electrons. The van der Waals surface area contributed by atoms with Crippen LogP contribution in [0.5, 0.6) is 5.75 Å². The number of nitriles is 1. The third-order valence-electron chi connectivity index (χ3n) is 10.5. The number of nitrogens with zero attached hydrogens (tertiary/aromatic N) is 4. The molecule has 0 spiro atoms. The number of hydrogen-bond donors (Lipinski definition) is 1. The van der Waals surface area contributed by atoms with Crippen LogP contribution in [0.25, 0.3) is 72.8 Å². The number of fused-ring (bicyclic) bond motifs is 1. The Morgan fingerprint density at radius 1 is 0.571 bits per heavy atom. The first-order valence-electron chi connectivity index (χ1n) is 19.0. The highest BCUT2D eigenvalue weighted by Gasteiger charge is 2.29. The van der Waals surface area contributed by atoms with Crippen molar-refractivity contribution in [2.75, 3.05) is 0 Å². The van der Waals surface area contributed by atoms with E-state index in [1.165, 1.54) is 0 Å². The zero-order valence-electron chi connectivity index (χ0n) is 32.7. The van der Waals surface area contributed by atoms with Crippen molar-refractivity contribution in [1.82, 2.24) is 14.4 Å². The van der Waals surface area contributed by atoms with Gasteiger partial charge in [-0.1, -0.05) is 139 Å². The summed E-state index contributed by atoms with van der Waals surface area (Å²) in [6.45, 7) is 13.0. The monoisotopic (exact) mass is 728 g/mol. The molecule has 5 aromatic carbocycles. The number of aromatic hydroxyl groups is 1. The third-order valence-corrected chi connectivity index (χ3v) is 10.5. The number of phenolic OH excluding ortho intramolecular Hbond substituents is 1. The predicted molar refractivity (Wildman–Crippen MR) is 229 cm³/mol. The Morgan fingerprint density at radius 2 is 1.18 bits per heavy atom. The molecule has 3 heterocycles. The molecule has 3 aromatic heterocycles. The Hall–Kier alpha value is -6.77. The van der Waals surface area contributed by atoms with Gasteiger partial charge in [-0.3, -0.25) is 9.38 Å². The summed E-state index contributed by atoms with van der Waals surface area (Å²) in [5, 5.41) is 22.4. The van der Waals surface area contributed by atoms with E-state index in [4.69, 9.17) is 9.97 Å². The van der Waals surface area contributed by atoms with Gasteiger partial charge < -0.3 is 5.11 Å². The van der Waals surface area contributed by atoms with E-state index in [0.717, 1.165) is 67.0 Å². The maximum atomic E-state index is 12.1. The lowest BCUT2D eigenvalue weighted by molar-refractivity contribution is 0.446. The van der Waals surface area contributed by atoms with Gasteiger partial charge in [-0.2, -0.15) is 5.26 Å². The summed E-state index contributed by atoms with van der Waals surface area (Å²) in [5.41, 5.74) is 13.5. The van der Waals surface area contributed by atoms with Crippen LogP contribution in [0.2, 0.25) is 0 Å². The number of benzene rings is 5.